The maximum absolute atomic E-state index is 12.5. The maximum atomic E-state index is 12.5. The smallest absolute Gasteiger partial charge is 0.240 e. The van der Waals surface area contributed by atoms with E-state index in [0.29, 0.717) is 10.9 Å². The first-order chi connectivity index (χ1) is 14.0. The van der Waals surface area contributed by atoms with E-state index in [1.807, 2.05) is 56.3 Å². The van der Waals surface area contributed by atoms with E-state index in [2.05, 4.69) is 15.6 Å². The van der Waals surface area contributed by atoms with E-state index in [4.69, 9.17) is 0 Å². The van der Waals surface area contributed by atoms with Gasteiger partial charge in [0.05, 0.1) is 24.3 Å². The van der Waals surface area contributed by atoms with Crippen molar-refractivity contribution in [2.75, 3.05) is 11.1 Å². The molecule has 0 radical (unpaired) electrons. The molecule has 0 fully saturated rings. The minimum Gasteiger partial charge on any atom is -0.390 e. The highest BCUT2D eigenvalue weighted by Crippen LogP contribution is 2.24. The van der Waals surface area contributed by atoms with Gasteiger partial charge in [0.2, 0.25) is 11.8 Å². The van der Waals surface area contributed by atoms with Gasteiger partial charge in [0.25, 0.3) is 0 Å². The third-order valence-electron chi connectivity index (χ3n) is 4.21. The summed E-state index contributed by atoms with van der Waals surface area (Å²) in [5.41, 5.74) is 1.28. The van der Waals surface area contributed by atoms with Crippen LogP contribution in [0, 0.1) is 0 Å². The molecule has 0 atom stereocenters. The normalized spacial score (nSPS) is 11.0. The average molecular weight is 413 g/mol. The van der Waals surface area contributed by atoms with Crippen molar-refractivity contribution in [3.05, 3.63) is 54.4 Å². The van der Waals surface area contributed by atoms with Gasteiger partial charge in [-0.3, -0.25) is 9.59 Å². The first kappa shape index (κ1) is 20.9. The molecule has 29 heavy (non-hydrogen) atoms. The lowest BCUT2D eigenvalue weighted by atomic mass is 10.1. The lowest BCUT2D eigenvalue weighted by molar-refractivity contribution is -0.122. The summed E-state index contributed by atoms with van der Waals surface area (Å²) in [5, 5.41) is 17.8. The zero-order valence-electron chi connectivity index (χ0n) is 16.4. The molecule has 0 saturated heterocycles. The zero-order valence-corrected chi connectivity index (χ0v) is 17.2. The fourth-order valence-electron chi connectivity index (χ4n) is 2.96. The highest BCUT2D eigenvalue weighted by atomic mass is 32.2. The van der Waals surface area contributed by atoms with E-state index in [1.54, 1.807) is 4.57 Å². The van der Waals surface area contributed by atoms with Crippen LogP contribution in [0.5, 0.6) is 0 Å². The fourth-order valence-corrected chi connectivity index (χ4v) is 3.76. The zero-order chi connectivity index (χ0) is 20.8. The highest BCUT2D eigenvalue weighted by Gasteiger charge is 2.15. The van der Waals surface area contributed by atoms with Crippen molar-refractivity contribution in [2.45, 2.75) is 38.2 Å². The number of rotatable bonds is 8. The number of carbonyl (C=O) groups excluding carboxylic acids is 2. The molecular weight excluding hydrogens is 388 g/mol. The van der Waals surface area contributed by atoms with E-state index in [9.17, 15) is 14.7 Å². The lowest BCUT2D eigenvalue weighted by Crippen LogP contribution is -2.33. The number of imidazole rings is 1. The number of nitrogens with zero attached hydrogens (tertiary/aromatic N) is 2. The van der Waals surface area contributed by atoms with Gasteiger partial charge in [0, 0.05) is 17.1 Å². The fraction of sp³-hybridized carbons (Fsp3) is 0.286. The summed E-state index contributed by atoms with van der Waals surface area (Å²) in [6.45, 7) is 3.57. The summed E-state index contributed by atoms with van der Waals surface area (Å²) in [4.78, 5) is 28.9. The summed E-state index contributed by atoms with van der Waals surface area (Å²) in [6.07, 6.45) is 1.52. The number of amides is 2. The van der Waals surface area contributed by atoms with Crippen LogP contribution < -0.4 is 10.6 Å². The number of hydrogen-bond acceptors (Lipinski definition) is 5. The number of carbonyl (C=O) groups is 2. The number of aromatic nitrogens is 2. The highest BCUT2D eigenvalue weighted by molar-refractivity contribution is 7.99. The number of benzene rings is 2. The van der Waals surface area contributed by atoms with E-state index in [1.165, 1.54) is 18.0 Å². The van der Waals surface area contributed by atoms with Crippen LogP contribution >= 0.6 is 11.8 Å². The van der Waals surface area contributed by atoms with Crippen LogP contribution in [-0.2, 0) is 22.7 Å². The van der Waals surface area contributed by atoms with Crippen LogP contribution in [0.4, 0.5) is 5.69 Å². The number of anilines is 1. The van der Waals surface area contributed by atoms with Gasteiger partial charge in [-0.15, -0.1) is 0 Å². The second-order valence-electron chi connectivity index (χ2n) is 6.86. The van der Waals surface area contributed by atoms with Crippen LogP contribution in [0.3, 0.4) is 0 Å². The van der Waals surface area contributed by atoms with E-state index >= 15 is 0 Å². The Kier molecular flexibility index (Phi) is 6.90. The first-order valence-corrected chi connectivity index (χ1v) is 10.3. The number of nitrogens with one attached hydrogen (secondary N) is 2. The molecule has 0 unspecified atom stereocenters. The number of aliphatic hydroxyl groups is 1. The second-order valence-corrected chi connectivity index (χ2v) is 7.80. The molecule has 2 aromatic carbocycles. The van der Waals surface area contributed by atoms with Crippen LogP contribution in [0.15, 0.2) is 53.8 Å². The Morgan fingerprint density at radius 3 is 2.66 bits per heavy atom. The number of thioether (sulfide) groups is 1. The Balaban J connectivity index is 1.67. The van der Waals surface area contributed by atoms with Gasteiger partial charge >= 0.3 is 0 Å². The van der Waals surface area contributed by atoms with Gasteiger partial charge < -0.3 is 20.3 Å². The number of aliphatic hydroxyl groups excluding tert-OH is 1. The molecule has 0 saturated carbocycles. The Hall–Kier alpha value is -2.84. The van der Waals surface area contributed by atoms with Crippen molar-refractivity contribution in [1.82, 2.24) is 14.9 Å². The van der Waals surface area contributed by atoms with Crippen molar-refractivity contribution >= 4 is 40.0 Å². The van der Waals surface area contributed by atoms with Gasteiger partial charge in [-0.05, 0) is 25.3 Å². The molecule has 0 aliphatic carbocycles. The van der Waals surface area contributed by atoms with Gasteiger partial charge in [-0.2, -0.15) is 0 Å². The van der Waals surface area contributed by atoms with Crippen LogP contribution in [-0.4, -0.2) is 38.3 Å². The molecule has 3 aromatic rings. The third kappa shape index (κ3) is 5.36. The molecule has 0 aliphatic heterocycles. The van der Waals surface area contributed by atoms with E-state index in [-0.39, 0.29) is 36.8 Å². The molecule has 2 amide bonds. The standard InChI is InChI=1S/C21H24N4O3S/c1-14(2)23-19(27)11-25-16(12-26)10-22-21(25)29-13-20(28)24-18-9-5-7-15-6-3-4-8-17(15)18/h3-10,14,26H,11-13H2,1-2H3,(H,23,27)(H,24,28). The van der Waals surface area contributed by atoms with Crippen LogP contribution in [0.25, 0.3) is 10.8 Å². The quantitative estimate of drug-likeness (QED) is 0.495. The molecule has 7 nitrogen and oxygen atoms in total. The number of hydrogen-bond donors (Lipinski definition) is 3. The molecule has 1 heterocycles. The van der Waals surface area contributed by atoms with E-state index in [0.717, 1.165) is 16.5 Å². The first-order valence-electron chi connectivity index (χ1n) is 9.33. The Morgan fingerprint density at radius 2 is 1.90 bits per heavy atom. The third-order valence-corrected chi connectivity index (χ3v) is 5.20. The maximum Gasteiger partial charge on any atom is 0.240 e. The second kappa shape index (κ2) is 9.58. The van der Waals surface area contributed by atoms with Crippen LogP contribution in [0.2, 0.25) is 0 Å². The van der Waals surface area contributed by atoms with E-state index < -0.39 is 0 Å². The van der Waals surface area contributed by atoms with Gasteiger partial charge in [0.15, 0.2) is 5.16 Å². The molecule has 1 aromatic heterocycles. The minimum atomic E-state index is -0.231. The molecule has 3 N–H and O–H groups in total. The largest absolute Gasteiger partial charge is 0.390 e. The minimum absolute atomic E-state index is 0.0196. The van der Waals surface area contributed by atoms with Crippen LogP contribution in [0.1, 0.15) is 19.5 Å². The molecule has 8 heteroatoms. The SMILES string of the molecule is CC(C)NC(=O)Cn1c(CO)cnc1SCC(=O)Nc1cccc2ccccc12. The summed E-state index contributed by atoms with van der Waals surface area (Å²) in [6, 6.07) is 13.6. The molecule has 0 aliphatic rings. The predicted octanol–water partition coefficient (Wildman–Crippen LogP) is 2.78. The molecule has 0 bridgehead atoms. The Morgan fingerprint density at radius 1 is 1.14 bits per heavy atom. The Bertz CT molecular complexity index is 1010. The number of fused-ring (bicyclic) bond motifs is 1. The summed E-state index contributed by atoms with van der Waals surface area (Å²) in [5.74, 6) is -0.204. The summed E-state index contributed by atoms with van der Waals surface area (Å²) >= 11 is 1.23. The van der Waals surface area contributed by atoms with Crippen molar-refractivity contribution in [1.29, 1.82) is 0 Å². The van der Waals surface area contributed by atoms with Crippen molar-refractivity contribution < 1.29 is 14.7 Å². The molecule has 0 spiro atoms. The monoisotopic (exact) mass is 412 g/mol. The summed E-state index contributed by atoms with van der Waals surface area (Å²) in [7, 11) is 0. The molecule has 152 valence electrons. The molecular formula is C21H24N4O3S. The molecule has 3 rings (SSSR count). The van der Waals surface area contributed by atoms with Crippen molar-refractivity contribution in [2.24, 2.45) is 0 Å². The van der Waals surface area contributed by atoms with Crippen molar-refractivity contribution in [3.63, 3.8) is 0 Å². The lowest BCUT2D eigenvalue weighted by Gasteiger charge is -2.13. The topological polar surface area (TPSA) is 96.2 Å². The Labute approximate surface area is 173 Å². The predicted molar refractivity (Wildman–Crippen MR) is 115 cm³/mol. The van der Waals surface area contributed by atoms with Gasteiger partial charge in [-0.25, -0.2) is 4.98 Å². The summed E-state index contributed by atoms with van der Waals surface area (Å²) < 4.78 is 1.63. The van der Waals surface area contributed by atoms with Gasteiger partial charge in [-0.1, -0.05) is 48.2 Å². The average Bonchev–Trinajstić information content (AvgIpc) is 3.07. The van der Waals surface area contributed by atoms with Crippen molar-refractivity contribution in [3.8, 4) is 0 Å². The van der Waals surface area contributed by atoms with Gasteiger partial charge in [0.1, 0.15) is 6.54 Å².